The van der Waals surface area contributed by atoms with E-state index in [4.69, 9.17) is 14.2 Å². The molecule has 5 nitrogen and oxygen atoms in total. The number of likely N-dealkylation sites (tertiary alicyclic amines) is 1. The Morgan fingerprint density at radius 2 is 1.77 bits per heavy atom. The third-order valence-electron chi connectivity index (χ3n) is 5.81. The summed E-state index contributed by atoms with van der Waals surface area (Å²) >= 11 is 0. The number of rotatable bonds is 4. The van der Waals surface area contributed by atoms with Gasteiger partial charge in [0.2, 0.25) is 0 Å². The summed E-state index contributed by atoms with van der Waals surface area (Å²) in [6.07, 6.45) is 5.80. The number of morpholine rings is 1. The molecule has 0 saturated carbocycles. The Kier molecular flexibility index (Phi) is 4.98. The lowest BCUT2D eigenvalue weighted by Crippen LogP contribution is -2.52. The second-order valence-corrected chi connectivity index (χ2v) is 7.38. The molecule has 3 atom stereocenters. The van der Waals surface area contributed by atoms with Crippen LogP contribution in [0.2, 0.25) is 0 Å². The quantitative estimate of drug-likeness (QED) is 0.773. The highest BCUT2D eigenvalue weighted by atomic mass is 16.5. The normalized spacial score (nSPS) is 38.5. The van der Waals surface area contributed by atoms with Gasteiger partial charge >= 0.3 is 0 Å². The van der Waals surface area contributed by atoms with Gasteiger partial charge < -0.3 is 14.2 Å². The fourth-order valence-corrected chi connectivity index (χ4v) is 4.55. The molecule has 0 aliphatic carbocycles. The minimum absolute atomic E-state index is 0.412. The standard InChI is InChI=1S/C17H30N2O3/c1-2-15(21-6-1)11-19-5-9-22-17-13-18(12-16(17)19)10-14-3-7-20-8-4-14/h14-17H,1-13H2/t15-,16+,17-/m0/s1. The molecule has 0 aromatic rings. The lowest BCUT2D eigenvalue weighted by atomic mass is 10.00. The van der Waals surface area contributed by atoms with Gasteiger partial charge in [0.25, 0.3) is 0 Å². The van der Waals surface area contributed by atoms with Crippen LogP contribution in [-0.4, -0.2) is 87.2 Å². The molecule has 22 heavy (non-hydrogen) atoms. The van der Waals surface area contributed by atoms with Crippen LogP contribution in [0.4, 0.5) is 0 Å². The van der Waals surface area contributed by atoms with Crippen LogP contribution in [0.5, 0.6) is 0 Å². The van der Waals surface area contributed by atoms with E-state index < -0.39 is 0 Å². The van der Waals surface area contributed by atoms with Crippen LogP contribution in [0.3, 0.4) is 0 Å². The Morgan fingerprint density at radius 3 is 2.59 bits per heavy atom. The topological polar surface area (TPSA) is 34.2 Å². The number of hydrogen-bond acceptors (Lipinski definition) is 5. The van der Waals surface area contributed by atoms with Gasteiger partial charge in [0.15, 0.2) is 0 Å². The predicted molar refractivity (Wildman–Crippen MR) is 84.1 cm³/mol. The van der Waals surface area contributed by atoms with Gasteiger partial charge in [-0.2, -0.15) is 0 Å². The summed E-state index contributed by atoms with van der Waals surface area (Å²) in [4.78, 5) is 5.28. The first kappa shape index (κ1) is 15.3. The van der Waals surface area contributed by atoms with Crippen LogP contribution in [0.1, 0.15) is 25.7 Å². The second-order valence-electron chi connectivity index (χ2n) is 7.38. The Bertz CT molecular complexity index is 356. The first-order chi connectivity index (χ1) is 10.9. The third kappa shape index (κ3) is 3.49. The van der Waals surface area contributed by atoms with Crippen molar-refractivity contribution in [2.24, 2.45) is 5.92 Å². The van der Waals surface area contributed by atoms with Gasteiger partial charge in [0.05, 0.1) is 18.8 Å². The van der Waals surface area contributed by atoms with Crippen LogP contribution in [0, 0.1) is 5.92 Å². The highest BCUT2D eigenvalue weighted by Gasteiger charge is 2.41. The SMILES string of the molecule is C1CO[C@H](CN2CCO[C@H]3CN(CC4CCOCC4)C[C@H]32)C1. The summed E-state index contributed by atoms with van der Waals surface area (Å²) in [5.41, 5.74) is 0. The third-order valence-corrected chi connectivity index (χ3v) is 5.81. The van der Waals surface area contributed by atoms with E-state index in [2.05, 4.69) is 9.80 Å². The van der Waals surface area contributed by atoms with Crippen molar-refractivity contribution in [3.8, 4) is 0 Å². The summed E-state index contributed by atoms with van der Waals surface area (Å²) in [5, 5.41) is 0. The van der Waals surface area contributed by atoms with E-state index in [-0.39, 0.29) is 0 Å². The summed E-state index contributed by atoms with van der Waals surface area (Å²) in [6.45, 7) is 9.45. The summed E-state index contributed by atoms with van der Waals surface area (Å²) < 4.78 is 17.4. The van der Waals surface area contributed by atoms with Gasteiger partial charge in [-0.05, 0) is 31.6 Å². The van der Waals surface area contributed by atoms with Crippen molar-refractivity contribution in [3.63, 3.8) is 0 Å². The zero-order valence-electron chi connectivity index (χ0n) is 13.6. The molecule has 0 bridgehead atoms. The Balaban J connectivity index is 1.31. The molecule has 4 rings (SSSR count). The second kappa shape index (κ2) is 7.14. The van der Waals surface area contributed by atoms with Gasteiger partial charge in [-0.3, -0.25) is 9.80 Å². The van der Waals surface area contributed by atoms with E-state index >= 15 is 0 Å². The molecule has 0 unspecified atom stereocenters. The maximum absolute atomic E-state index is 6.07. The molecule has 0 radical (unpaired) electrons. The molecule has 4 aliphatic rings. The van der Waals surface area contributed by atoms with E-state index in [1.807, 2.05) is 0 Å². The first-order valence-electron chi connectivity index (χ1n) is 9.16. The van der Waals surface area contributed by atoms with Gasteiger partial charge in [0.1, 0.15) is 0 Å². The number of nitrogens with zero attached hydrogens (tertiary/aromatic N) is 2. The maximum Gasteiger partial charge on any atom is 0.0869 e. The highest BCUT2D eigenvalue weighted by Crippen LogP contribution is 2.27. The summed E-state index contributed by atoms with van der Waals surface area (Å²) in [7, 11) is 0. The van der Waals surface area contributed by atoms with E-state index in [9.17, 15) is 0 Å². The summed E-state index contributed by atoms with van der Waals surface area (Å²) in [6, 6.07) is 0.581. The maximum atomic E-state index is 6.07. The van der Waals surface area contributed by atoms with Crippen LogP contribution >= 0.6 is 0 Å². The molecule has 4 aliphatic heterocycles. The zero-order chi connectivity index (χ0) is 14.8. The molecule has 0 aromatic heterocycles. The Labute approximate surface area is 133 Å². The van der Waals surface area contributed by atoms with Crippen molar-refractivity contribution in [2.75, 3.05) is 59.2 Å². The number of hydrogen-bond donors (Lipinski definition) is 0. The molecule has 4 saturated heterocycles. The molecular weight excluding hydrogens is 280 g/mol. The molecule has 0 N–H and O–H groups in total. The van der Waals surface area contributed by atoms with Crippen LogP contribution in [0.25, 0.3) is 0 Å². The monoisotopic (exact) mass is 310 g/mol. The van der Waals surface area contributed by atoms with Gasteiger partial charge in [-0.25, -0.2) is 0 Å². The molecule has 0 spiro atoms. The smallest absolute Gasteiger partial charge is 0.0869 e. The van der Waals surface area contributed by atoms with Crippen LogP contribution < -0.4 is 0 Å². The molecule has 5 heteroatoms. The molecule has 126 valence electrons. The van der Waals surface area contributed by atoms with E-state index in [0.29, 0.717) is 18.2 Å². The van der Waals surface area contributed by atoms with Gasteiger partial charge in [0, 0.05) is 58.6 Å². The molecule has 0 amide bonds. The Morgan fingerprint density at radius 1 is 0.864 bits per heavy atom. The number of fused-ring (bicyclic) bond motifs is 1. The fraction of sp³-hybridized carbons (Fsp3) is 1.00. The molecule has 4 fully saturated rings. The molecule has 4 heterocycles. The van der Waals surface area contributed by atoms with Crippen molar-refractivity contribution >= 4 is 0 Å². The largest absolute Gasteiger partial charge is 0.381 e. The number of ether oxygens (including phenoxy) is 3. The lowest BCUT2D eigenvalue weighted by molar-refractivity contribution is -0.0615. The fourth-order valence-electron chi connectivity index (χ4n) is 4.55. The van der Waals surface area contributed by atoms with Crippen molar-refractivity contribution in [2.45, 2.75) is 43.9 Å². The average Bonchev–Trinajstić information content (AvgIpc) is 3.18. The molecular formula is C17H30N2O3. The first-order valence-corrected chi connectivity index (χ1v) is 9.16. The van der Waals surface area contributed by atoms with E-state index in [1.54, 1.807) is 0 Å². The predicted octanol–water partition coefficient (Wildman–Crippen LogP) is 0.977. The zero-order valence-corrected chi connectivity index (χ0v) is 13.6. The van der Waals surface area contributed by atoms with Crippen molar-refractivity contribution in [3.05, 3.63) is 0 Å². The molecule has 0 aromatic carbocycles. The lowest BCUT2D eigenvalue weighted by Gasteiger charge is -2.38. The van der Waals surface area contributed by atoms with Crippen LogP contribution in [0.15, 0.2) is 0 Å². The van der Waals surface area contributed by atoms with Crippen molar-refractivity contribution in [1.29, 1.82) is 0 Å². The van der Waals surface area contributed by atoms with Gasteiger partial charge in [-0.1, -0.05) is 0 Å². The minimum Gasteiger partial charge on any atom is -0.381 e. The van der Waals surface area contributed by atoms with Gasteiger partial charge in [-0.15, -0.1) is 0 Å². The van der Waals surface area contributed by atoms with Crippen molar-refractivity contribution < 1.29 is 14.2 Å². The van der Waals surface area contributed by atoms with Crippen molar-refractivity contribution in [1.82, 2.24) is 9.80 Å². The van der Waals surface area contributed by atoms with Crippen LogP contribution in [-0.2, 0) is 14.2 Å². The summed E-state index contributed by atoms with van der Waals surface area (Å²) in [5.74, 6) is 0.820. The Hall–Kier alpha value is -0.200. The minimum atomic E-state index is 0.412. The average molecular weight is 310 g/mol. The van der Waals surface area contributed by atoms with E-state index in [1.165, 1.54) is 38.8 Å². The highest BCUT2D eigenvalue weighted by molar-refractivity contribution is 4.95. The van der Waals surface area contributed by atoms with E-state index in [0.717, 1.165) is 52.0 Å².